The van der Waals surface area contributed by atoms with Gasteiger partial charge in [0.25, 0.3) is 5.56 Å². The number of hydrogen-bond acceptors (Lipinski definition) is 3. The number of anilines is 1. The molecule has 8 heteroatoms. The van der Waals surface area contributed by atoms with Crippen LogP contribution in [-0.2, 0) is 11.8 Å². The van der Waals surface area contributed by atoms with E-state index in [1.807, 2.05) is 0 Å². The Labute approximate surface area is 125 Å². The third-order valence-corrected chi connectivity index (χ3v) is 3.98. The molecule has 1 N–H and O–H groups in total. The number of carbonyl (C=O) groups excluding carboxylic acids is 1. The summed E-state index contributed by atoms with van der Waals surface area (Å²) in [5.74, 6) is -3.70. The van der Waals surface area contributed by atoms with Gasteiger partial charge in [-0.2, -0.15) is 13.2 Å². The monoisotopic (exact) mass is 317 g/mol. The van der Waals surface area contributed by atoms with E-state index in [0.29, 0.717) is 5.56 Å². The number of hydrogen-bond donors (Lipinski definition) is 1. The van der Waals surface area contributed by atoms with Gasteiger partial charge in [-0.1, -0.05) is 0 Å². The number of halogens is 3. The van der Waals surface area contributed by atoms with Crippen molar-refractivity contribution < 1.29 is 18.0 Å². The van der Waals surface area contributed by atoms with Gasteiger partial charge in [0.15, 0.2) is 0 Å². The maximum atomic E-state index is 13.0. The van der Waals surface area contributed by atoms with E-state index in [1.54, 1.807) is 20.0 Å². The van der Waals surface area contributed by atoms with Gasteiger partial charge in [-0.3, -0.25) is 9.59 Å². The maximum absolute atomic E-state index is 13.0. The number of likely N-dealkylation sites (tertiary alicyclic amines) is 1. The molecule has 1 saturated heterocycles. The Kier molecular flexibility index (Phi) is 4.32. The number of carbonyl (C=O) groups is 1. The lowest BCUT2D eigenvalue weighted by atomic mass is 9.94. The molecule has 0 aromatic carbocycles. The van der Waals surface area contributed by atoms with Crippen LogP contribution in [0.5, 0.6) is 0 Å². The molecule has 2 rings (SSSR count). The molecule has 1 aliphatic rings. The van der Waals surface area contributed by atoms with Crippen LogP contribution in [0.3, 0.4) is 0 Å². The van der Waals surface area contributed by atoms with Crippen LogP contribution in [-0.4, -0.2) is 41.7 Å². The van der Waals surface area contributed by atoms with Crippen LogP contribution in [0.25, 0.3) is 0 Å². The average molecular weight is 317 g/mol. The van der Waals surface area contributed by atoms with Crippen molar-refractivity contribution in [1.82, 2.24) is 9.47 Å². The predicted octanol–water partition coefficient (Wildman–Crippen LogP) is 1.37. The molecule has 0 spiro atoms. The summed E-state index contributed by atoms with van der Waals surface area (Å²) < 4.78 is 40.4. The Hall–Kier alpha value is -1.83. The maximum Gasteiger partial charge on any atom is 0.393 e. The fourth-order valence-corrected chi connectivity index (χ4v) is 2.69. The van der Waals surface area contributed by atoms with E-state index in [0.717, 1.165) is 0 Å². The molecule has 1 aliphatic heterocycles. The standard InChI is InChI=1S/C14H18F3N3O2/c1-8-4-5-20(3)13(22)11(8)18-12(21)9-6-19(2)7-10(9)14(15,16)17/h4-5,9-10H,6-7H2,1-3H3,(H,18,21)/t9-,10-/m1/s1. The van der Waals surface area contributed by atoms with Crippen LogP contribution in [0.2, 0.25) is 0 Å². The smallest absolute Gasteiger partial charge is 0.321 e. The summed E-state index contributed by atoms with van der Waals surface area (Å²) in [5.41, 5.74) is 0.111. The van der Waals surface area contributed by atoms with Gasteiger partial charge in [0.2, 0.25) is 5.91 Å². The van der Waals surface area contributed by atoms with E-state index < -0.39 is 29.5 Å². The average Bonchev–Trinajstić information content (AvgIpc) is 2.81. The van der Waals surface area contributed by atoms with Gasteiger partial charge >= 0.3 is 6.18 Å². The zero-order chi connectivity index (χ0) is 16.7. The highest BCUT2D eigenvalue weighted by atomic mass is 19.4. The summed E-state index contributed by atoms with van der Waals surface area (Å²) >= 11 is 0. The lowest BCUT2D eigenvalue weighted by Crippen LogP contribution is -2.38. The predicted molar refractivity (Wildman–Crippen MR) is 75.6 cm³/mol. The Morgan fingerprint density at radius 3 is 2.55 bits per heavy atom. The normalized spacial score (nSPS) is 22.8. The third-order valence-electron chi connectivity index (χ3n) is 3.98. The summed E-state index contributed by atoms with van der Waals surface area (Å²) in [4.78, 5) is 25.7. The zero-order valence-corrected chi connectivity index (χ0v) is 12.6. The van der Waals surface area contributed by atoms with Crippen LogP contribution < -0.4 is 10.9 Å². The quantitative estimate of drug-likeness (QED) is 0.896. The van der Waals surface area contributed by atoms with E-state index >= 15 is 0 Å². The van der Waals surface area contributed by atoms with Crippen LogP contribution in [0.15, 0.2) is 17.1 Å². The van der Waals surface area contributed by atoms with Crippen LogP contribution in [0, 0.1) is 18.8 Å². The van der Waals surface area contributed by atoms with E-state index in [-0.39, 0.29) is 18.8 Å². The molecular formula is C14H18F3N3O2. The Balaban J connectivity index is 2.26. The van der Waals surface area contributed by atoms with Crippen molar-refractivity contribution in [3.8, 4) is 0 Å². The van der Waals surface area contributed by atoms with Gasteiger partial charge in [-0.25, -0.2) is 0 Å². The first-order valence-electron chi connectivity index (χ1n) is 6.83. The fourth-order valence-electron chi connectivity index (χ4n) is 2.69. The number of amides is 1. The molecule has 0 unspecified atom stereocenters. The molecule has 1 fully saturated rings. The van der Waals surface area contributed by atoms with Crippen molar-refractivity contribution >= 4 is 11.6 Å². The van der Waals surface area contributed by atoms with E-state index in [9.17, 15) is 22.8 Å². The number of rotatable bonds is 2. The van der Waals surface area contributed by atoms with E-state index in [1.165, 1.54) is 22.7 Å². The third kappa shape index (κ3) is 3.16. The SMILES string of the molecule is Cc1ccn(C)c(=O)c1NC(=O)[C@@H]1CN(C)C[C@H]1C(F)(F)F. The summed E-state index contributed by atoms with van der Waals surface area (Å²) in [6.07, 6.45) is -2.90. The summed E-state index contributed by atoms with van der Waals surface area (Å²) in [5, 5.41) is 2.38. The van der Waals surface area contributed by atoms with E-state index in [4.69, 9.17) is 0 Å². The number of alkyl halides is 3. The molecule has 1 aromatic rings. The second-order valence-electron chi connectivity index (χ2n) is 5.75. The Morgan fingerprint density at radius 1 is 1.32 bits per heavy atom. The molecule has 1 aromatic heterocycles. The Bertz CT molecular complexity index is 639. The first-order chi connectivity index (χ1) is 10.1. The van der Waals surface area contributed by atoms with Crippen molar-refractivity contribution in [2.75, 3.05) is 25.5 Å². The molecule has 5 nitrogen and oxygen atoms in total. The molecule has 1 amide bonds. The van der Waals surface area contributed by atoms with Crippen molar-refractivity contribution in [3.05, 3.63) is 28.2 Å². The molecule has 0 bridgehead atoms. The number of pyridine rings is 1. The van der Waals surface area contributed by atoms with Gasteiger partial charge in [0.1, 0.15) is 5.69 Å². The highest BCUT2D eigenvalue weighted by Gasteiger charge is 2.51. The molecule has 0 saturated carbocycles. The minimum absolute atomic E-state index is 0.0161. The van der Waals surface area contributed by atoms with Crippen molar-refractivity contribution in [3.63, 3.8) is 0 Å². The fraction of sp³-hybridized carbons (Fsp3) is 0.571. The minimum atomic E-state index is -4.44. The summed E-state index contributed by atoms with van der Waals surface area (Å²) in [7, 11) is 3.05. The van der Waals surface area contributed by atoms with E-state index in [2.05, 4.69) is 5.32 Å². The van der Waals surface area contributed by atoms with Crippen LogP contribution in [0.1, 0.15) is 5.56 Å². The topological polar surface area (TPSA) is 54.3 Å². The van der Waals surface area contributed by atoms with Crippen LogP contribution in [0.4, 0.5) is 18.9 Å². The first kappa shape index (κ1) is 16.5. The van der Waals surface area contributed by atoms with Crippen molar-refractivity contribution in [2.24, 2.45) is 18.9 Å². The number of nitrogens with one attached hydrogen (secondary N) is 1. The molecule has 2 atom stereocenters. The summed E-state index contributed by atoms with van der Waals surface area (Å²) in [6.45, 7) is 1.43. The Morgan fingerprint density at radius 2 is 1.95 bits per heavy atom. The molecule has 2 heterocycles. The second kappa shape index (κ2) is 5.75. The minimum Gasteiger partial charge on any atom is -0.321 e. The molecular weight excluding hydrogens is 299 g/mol. The summed E-state index contributed by atoms with van der Waals surface area (Å²) in [6, 6.07) is 1.62. The number of aryl methyl sites for hydroxylation is 2. The molecule has 0 aliphatic carbocycles. The highest BCUT2D eigenvalue weighted by molar-refractivity contribution is 5.93. The van der Waals surface area contributed by atoms with Crippen molar-refractivity contribution in [2.45, 2.75) is 13.1 Å². The number of aromatic nitrogens is 1. The second-order valence-corrected chi connectivity index (χ2v) is 5.75. The van der Waals surface area contributed by atoms with Gasteiger partial charge < -0.3 is 14.8 Å². The first-order valence-corrected chi connectivity index (χ1v) is 6.83. The number of nitrogens with zero attached hydrogens (tertiary/aromatic N) is 2. The van der Waals surface area contributed by atoms with Gasteiger partial charge in [0, 0.05) is 26.3 Å². The molecule has 0 radical (unpaired) electrons. The highest BCUT2D eigenvalue weighted by Crippen LogP contribution is 2.37. The molecule has 22 heavy (non-hydrogen) atoms. The molecule has 122 valence electrons. The van der Waals surface area contributed by atoms with Gasteiger partial charge in [0.05, 0.1) is 11.8 Å². The lowest BCUT2D eigenvalue weighted by Gasteiger charge is -2.21. The van der Waals surface area contributed by atoms with Gasteiger partial charge in [-0.15, -0.1) is 0 Å². The van der Waals surface area contributed by atoms with Gasteiger partial charge in [-0.05, 0) is 25.6 Å². The zero-order valence-electron chi connectivity index (χ0n) is 12.6. The van der Waals surface area contributed by atoms with Crippen LogP contribution >= 0.6 is 0 Å². The lowest BCUT2D eigenvalue weighted by molar-refractivity contribution is -0.182. The largest absolute Gasteiger partial charge is 0.393 e. The van der Waals surface area contributed by atoms with Crippen molar-refractivity contribution in [1.29, 1.82) is 0 Å².